The van der Waals surface area contributed by atoms with Crippen LogP contribution in [0.4, 0.5) is 0 Å². The van der Waals surface area contributed by atoms with Crippen LogP contribution in [0.3, 0.4) is 0 Å². The summed E-state index contributed by atoms with van der Waals surface area (Å²) in [7, 11) is -4.39. The van der Waals surface area contributed by atoms with Crippen molar-refractivity contribution in [2.75, 3.05) is 26.4 Å². The molecule has 0 unspecified atom stereocenters. The van der Waals surface area contributed by atoms with Gasteiger partial charge in [0.25, 0.3) is 0 Å². The molecule has 0 aliphatic carbocycles. The van der Waals surface area contributed by atoms with Crippen molar-refractivity contribution in [1.29, 1.82) is 0 Å². The first-order chi connectivity index (χ1) is 12.5. The Balaban J connectivity index is 0. The molecular formula is C19H33NaO6S. The van der Waals surface area contributed by atoms with Gasteiger partial charge in [0.1, 0.15) is 12.4 Å². The van der Waals surface area contributed by atoms with E-state index in [-0.39, 0.29) is 44.2 Å². The van der Waals surface area contributed by atoms with Gasteiger partial charge in [0.05, 0.1) is 19.8 Å². The van der Waals surface area contributed by atoms with Crippen LogP contribution in [-0.4, -0.2) is 39.4 Å². The summed E-state index contributed by atoms with van der Waals surface area (Å²) in [5, 5.41) is 0. The fourth-order valence-electron chi connectivity index (χ4n) is 2.63. The normalized spacial score (nSPS) is 11.2. The molecule has 0 aliphatic rings. The van der Waals surface area contributed by atoms with Gasteiger partial charge in [-0.05, 0) is 24.5 Å². The molecule has 0 saturated heterocycles. The Kier molecular flexibility index (Phi) is 16.7. The number of hydrogen-bond donors (Lipinski definition) is 1. The van der Waals surface area contributed by atoms with Gasteiger partial charge >= 0.3 is 40.0 Å². The molecule has 1 aromatic carbocycles. The van der Waals surface area contributed by atoms with Crippen LogP contribution in [-0.2, 0) is 25.7 Å². The molecule has 0 bridgehead atoms. The van der Waals surface area contributed by atoms with Gasteiger partial charge in [0.15, 0.2) is 0 Å². The average molecular weight is 413 g/mol. The van der Waals surface area contributed by atoms with Gasteiger partial charge in [-0.1, -0.05) is 63.6 Å². The molecule has 0 aliphatic heterocycles. The smallest absolute Gasteiger partial charge is 1.00 e. The molecule has 0 spiro atoms. The fourth-order valence-corrected chi connectivity index (χ4v) is 2.91. The maximum absolute atomic E-state index is 10.4. The quantitative estimate of drug-likeness (QED) is 0.250. The number of benzene rings is 1. The van der Waals surface area contributed by atoms with Gasteiger partial charge in [0, 0.05) is 0 Å². The van der Waals surface area contributed by atoms with E-state index >= 15 is 0 Å². The molecule has 27 heavy (non-hydrogen) atoms. The SMILES string of the molecule is CCCCCCCCCc1ccccc1OCCOCCOS(=O)(=O)O.[H-].[Na+]. The summed E-state index contributed by atoms with van der Waals surface area (Å²) in [5.74, 6) is 0.872. The summed E-state index contributed by atoms with van der Waals surface area (Å²) in [6.07, 6.45) is 9.99. The summed E-state index contributed by atoms with van der Waals surface area (Å²) in [4.78, 5) is 0. The van der Waals surface area contributed by atoms with E-state index in [2.05, 4.69) is 17.2 Å². The molecule has 0 radical (unpaired) electrons. The first-order valence-electron chi connectivity index (χ1n) is 9.43. The van der Waals surface area contributed by atoms with Crippen LogP contribution in [0.2, 0.25) is 0 Å². The van der Waals surface area contributed by atoms with Crippen LogP contribution in [0.25, 0.3) is 0 Å². The maximum atomic E-state index is 10.4. The molecule has 0 saturated carbocycles. The Morgan fingerprint density at radius 1 is 0.926 bits per heavy atom. The minimum atomic E-state index is -4.39. The van der Waals surface area contributed by atoms with Crippen LogP contribution >= 0.6 is 0 Å². The topological polar surface area (TPSA) is 82.1 Å². The number of rotatable bonds is 16. The number of aryl methyl sites for hydroxylation is 1. The Hall–Kier alpha value is -0.150. The Labute approximate surface area is 187 Å². The minimum Gasteiger partial charge on any atom is -1.00 e. The summed E-state index contributed by atoms with van der Waals surface area (Å²) >= 11 is 0. The molecule has 1 rings (SSSR count). The monoisotopic (exact) mass is 412 g/mol. The van der Waals surface area contributed by atoms with Crippen LogP contribution in [0, 0.1) is 0 Å². The summed E-state index contributed by atoms with van der Waals surface area (Å²) in [6, 6.07) is 8.02. The molecule has 0 fully saturated rings. The number of hydrogen-bond acceptors (Lipinski definition) is 5. The van der Waals surface area contributed by atoms with E-state index in [1.807, 2.05) is 18.2 Å². The van der Waals surface area contributed by atoms with E-state index in [1.165, 1.54) is 44.1 Å². The van der Waals surface area contributed by atoms with Crippen molar-refractivity contribution in [2.45, 2.75) is 58.3 Å². The first-order valence-corrected chi connectivity index (χ1v) is 10.8. The van der Waals surface area contributed by atoms with Gasteiger partial charge in [-0.25, -0.2) is 4.18 Å². The van der Waals surface area contributed by atoms with Crippen LogP contribution < -0.4 is 34.3 Å². The first kappa shape index (κ1) is 26.9. The van der Waals surface area contributed by atoms with Gasteiger partial charge < -0.3 is 10.9 Å². The number of unbranched alkanes of at least 4 members (excludes halogenated alkanes) is 6. The number of ether oxygens (including phenoxy) is 2. The number of para-hydroxylation sites is 1. The standard InChI is InChI=1S/C19H32O6S.Na.H/c1-2-3-4-5-6-7-8-11-18-12-9-10-13-19(18)24-16-14-23-15-17-25-26(20,21)22;;/h9-10,12-13H,2-8,11,14-17H2,1H3,(H,20,21,22);;/q;+1;-1. The predicted octanol–water partition coefficient (Wildman–Crippen LogP) is 1.31. The summed E-state index contributed by atoms with van der Waals surface area (Å²) in [5.41, 5.74) is 1.20. The zero-order valence-electron chi connectivity index (χ0n) is 17.7. The van der Waals surface area contributed by atoms with E-state index < -0.39 is 10.4 Å². The van der Waals surface area contributed by atoms with Crippen LogP contribution in [0.15, 0.2) is 24.3 Å². The van der Waals surface area contributed by atoms with E-state index in [0.717, 1.165) is 18.6 Å². The minimum absolute atomic E-state index is 0. The Morgan fingerprint density at radius 2 is 1.56 bits per heavy atom. The molecule has 0 heterocycles. The average Bonchev–Trinajstić information content (AvgIpc) is 2.60. The van der Waals surface area contributed by atoms with Crippen molar-refractivity contribution in [3.8, 4) is 5.75 Å². The third kappa shape index (κ3) is 15.4. The van der Waals surface area contributed by atoms with Crippen molar-refractivity contribution in [3.05, 3.63) is 29.8 Å². The predicted molar refractivity (Wildman–Crippen MR) is 103 cm³/mol. The Bertz CT molecular complexity index is 586. The molecule has 1 N–H and O–H groups in total. The molecule has 152 valence electrons. The zero-order chi connectivity index (χ0) is 19.1. The van der Waals surface area contributed by atoms with Crippen molar-refractivity contribution in [2.24, 2.45) is 0 Å². The van der Waals surface area contributed by atoms with Crippen molar-refractivity contribution < 1.29 is 57.6 Å². The second kappa shape index (κ2) is 16.8. The van der Waals surface area contributed by atoms with E-state index in [4.69, 9.17) is 14.0 Å². The second-order valence-corrected chi connectivity index (χ2v) is 7.28. The molecule has 0 atom stereocenters. The second-order valence-electron chi connectivity index (χ2n) is 6.19. The molecule has 1 aromatic rings. The third-order valence-electron chi connectivity index (χ3n) is 3.97. The van der Waals surface area contributed by atoms with Crippen molar-refractivity contribution in [3.63, 3.8) is 0 Å². The van der Waals surface area contributed by atoms with Gasteiger partial charge in [-0.2, -0.15) is 8.42 Å². The largest absolute Gasteiger partial charge is 1.00 e. The summed E-state index contributed by atoms with van der Waals surface area (Å²) in [6.45, 7) is 2.78. The van der Waals surface area contributed by atoms with E-state index in [1.54, 1.807) is 0 Å². The van der Waals surface area contributed by atoms with Crippen molar-refractivity contribution in [1.82, 2.24) is 0 Å². The fraction of sp³-hybridized carbons (Fsp3) is 0.684. The molecule has 6 nitrogen and oxygen atoms in total. The van der Waals surface area contributed by atoms with E-state index in [0.29, 0.717) is 13.2 Å². The van der Waals surface area contributed by atoms with Gasteiger partial charge in [-0.3, -0.25) is 4.55 Å². The molecule has 8 heteroatoms. The van der Waals surface area contributed by atoms with Crippen molar-refractivity contribution >= 4 is 10.4 Å². The summed E-state index contributed by atoms with van der Waals surface area (Å²) < 4.78 is 44.3. The van der Waals surface area contributed by atoms with Crippen LogP contribution in [0.1, 0.15) is 58.9 Å². The maximum Gasteiger partial charge on any atom is 1.00 e. The molecular weight excluding hydrogens is 379 g/mol. The van der Waals surface area contributed by atoms with Crippen LogP contribution in [0.5, 0.6) is 5.75 Å². The van der Waals surface area contributed by atoms with E-state index in [9.17, 15) is 8.42 Å². The molecule has 0 aromatic heterocycles. The molecule has 0 amide bonds. The third-order valence-corrected chi connectivity index (χ3v) is 4.43. The van der Waals surface area contributed by atoms with Gasteiger partial charge in [-0.15, -0.1) is 0 Å². The zero-order valence-corrected chi connectivity index (χ0v) is 19.5. The van der Waals surface area contributed by atoms with Gasteiger partial charge in [0.2, 0.25) is 0 Å². The Morgan fingerprint density at radius 3 is 2.26 bits per heavy atom.